The van der Waals surface area contributed by atoms with Crippen LogP contribution in [-0.2, 0) is 0 Å². The Kier molecular flexibility index (Phi) is 3.49. The van der Waals surface area contributed by atoms with Gasteiger partial charge in [0.1, 0.15) is 0 Å². The van der Waals surface area contributed by atoms with Crippen molar-refractivity contribution in [2.24, 2.45) is 0 Å². The van der Waals surface area contributed by atoms with Crippen molar-refractivity contribution in [2.45, 2.75) is 0 Å². The number of nitrogens with zero attached hydrogens (tertiary/aromatic N) is 1. The van der Waals surface area contributed by atoms with Gasteiger partial charge in [-0.05, 0) is 90.3 Å². The standard InChI is InChI=1S/C38H21N/c1-2-11-25-24(10-1)28-15-7-16-31-37(28)33(25)21-35-38(31)30-12-3-4-17-34(30)39(35)23-18-19-26-27-13-5-8-22-9-6-14-29(36(22)27)32(26)20-23/h1-21H. The average molecular weight is 492 g/mol. The normalized spacial score (nSPS) is 12.6. The van der Waals surface area contributed by atoms with E-state index in [4.69, 9.17) is 0 Å². The molecule has 0 saturated carbocycles. The topological polar surface area (TPSA) is 4.93 Å². The van der Waals surface area contributed by atoms with Crippen LogP contribution in [0.1, 0.15) is 0 Å². The summed E-state index contributed by atoms with van der Waals surface area (Å²) in [6, 6.07) is 47.4. The van der Waals surface area contributed by atoms with Crippen LogP contribution in [-0.4, -0.2) is 4.57 Å². The van der Waals surface area contributed by atoms with Crippen molar-refractivity contribution in [1.29, 1.82) is 0 Å². The number of rotatable bonds is 1. The number of para-hydroxylation sites is 1. The number of hydrogen-bond donors (Lipinski definition) is 0. The van der Waals surface area contributed by atoms with Gasteiger partial charge in [0, 0.05) is 16.5 Å². The Morgan fingerprint density at radius 3 is 1.79 bits per heavy atom. The van der Waals surface area contributed by atoms with Gasteiger partial charge >= 0.3 is 0 Å². The zero-order chi connectivity index (χ0) is 25.2. The number of hydrogen-bond acceptors (Lipinski definition) is 0. The molecular formula is C38H21N. The number of benzene rings is 7. The Balaban J connectivity index is 1.34. The molecule has 0 fully saturated rings. The van der Waals surface area contributed by atoms with Crippen molar-refractivity contribution in [3.05, 3.63) is 127 Å². The van der Waals surface area contributed by atoms with Gasteiger partial charge in [0.15, 0.2) is 0 Å². The first-order valence-electron chi connectivity index (χ1n) is 13.6. The highest BCUT2D eigenvalue weighted by molar-refractivity contribution is 6.29. The third-order valence-corrected chi connectivity index (χ3v) is 9.05. The summed E-state index contributed by atoms with van der Waals surface area (Å²) in [5, 5.41) is 8.04. The fraction of sp³-hybridized carbons (Fsp3) is 0. The third-order valence-electron chi connectivity index (χ3n) is 9.05. The molecule has 7 aromatic carbocycles. The highest BCUT2D eigenvalue weighted by Crippen LogP contribution is 2.52. The van der Waals surface area contributed by atoms with E-state index in [-0.39, 0.29) is 0 Å². The van der Waals surface area contributed by atoms with Gasteiger partial charge in [-0.2, -0.15) is 0 Å². The lowest BCUT2D eigenvalue weighted by atomic mass is 9.98. The van der Waals surface area contributed by atoms with Crippen LogP contribution in [0, 0.1) is 0 Å². The number of fused-ring (bicyclic) bond motifs is 10. The number of aromatic nitrogens is 1. The Labute approximate surface area is 225 Å². The summed E-state index contributed by atoms with van der Waals surface area (Å²) in [6.45, 7) is 0. The van der Waals surface area contributed by atoms with Crippen LogP contribution in [0.25, 0.3) is 93.5 Å². The van der Waals surface area contributed by atoms with Crippen LogP contribution in [0.15, 0.2) is 127 Å². The molecule has 0 bridgehead atoms. The zero-order valence-corrected chi connectivity index (χ0v) is 21.1. The lowest BCUT2D eigenvalue weighted by Crippen LogP contribution is -1.95. The lowest BCUT2D eigenvalue weighted by molar-refractivity contribution is 1.18. The first-order valence-corrected chi connectivity index (χ1v) is 13.6. The summed E-state index contributed by atoms with van der Waals surface area (Å²) in [4.78, 5) is 0. The van der Waals surface area contributed by atoms with E-state index in [9.17, 15) is 0 Å². The molecule has 0 saturated heterocycles. The molecule has 39 heavy (non-hydrogen) atoms. The SMILES string of the molecule is c1ccc2c(c1)-c1cccc3c1c-2cc1c3c2ccccc2n1-c1ccc2c(c1)-c1cccc3cccc-2c13. The predicted molar refractivity (Wildman–Crippen MR) is 165 cm³/mol. The molecule has 178 valence electrons. The lowest BCUT2D eigenvalue weighted by Gasteiger charge is -2.12. The minimum atomic E-state index is 1.21. The van der Waals surface area contributed by atoms with Crippen molar-refractivity contribution in [2.75, 3.05) is 0 Å². The molecule has 1 heteroatoms. The van der Waals surface area contributed by atoms with E-state index in [1.54, 1.807) is 0 Å². The Morgan fingerprint density at radius 2 is 0.949 bits per heavy atom. The van der Waals surface area contributed by atoms with E-state index in [2.05, 4.69) is 132 Å². The molecule has 8 aromatic rings. The first-order chi connectivity index (χ1) is 19.4. The summed E-state index contributed by atoms with van der Waals surface area (Å²) in [6.07, 6.45) is 0. The fourth-order valence-corrected chi connectivity index (χ4v) is 7.53. The zero-order valence-electron chi connectivity index (χ0n) is 21.1. The predicted octanol–water partition coefficient (Wildman–Crippen LogP) is 10.4. The molecule has 0 unspecified atom stereocenters. The van der Waals surface area contributed by atoms with Gasteiger partial charge in [0.25, 0.3) is 0 Å². The molecule has 0 N–H and O–H groups in total. The van der Waals surface area contributed by atoms with Gasteiger partial charge in [-0.3, -0.25) is 0 Å². The minimum Gasteiger partial charge on any atom is -0.309 e. The van der Waals surface area contributed by atoms with Crippen molar-refractivity contribution in [3.8, 4) is 50.2 Å². The Hall–Kier alpha value is -5.14. The van der Waals surface area contributed by atoms with E-state index >= 15 is 0 Å². The maximum atomic E-state index is 2.48. The van der Waals surface area contributed by atoms with Gasteiger partial charge in [0.2, 0.25) is 0 Å². The van der Waals surface area contributed by atoms with E-state index in [0.29, 0.717) is 0 Å². The molecule has 0 atom stereocenters. The average Bonchev–Trinajstić information content (AvgIpc) is 3.62. The third kappa shape index (κ3) is 2.33. The van der Waals surface area contributed by atoms with Gasteiger partial charge in [0.05, 0.1) is 11.0 Å². The second kappa shape index (κ2) is 6.83. The molecule has 2 aliphatic rings. The van der Waals surface area contributed by atoms with Crippen LogP contribution < -0.4 is 0 Å². The molecule has 0 amide bonds. The van der Waals surface area contributed by atoms with Crippen molar-refractivity contribution in [3.63, 3.8) is 0 Å². The first kappa shape index (κ1) is 19.9. The van der Waals surface area contributed by atoms with Gasteiger partial charge < -0.3 is 4.57 Å². The van der Waals surface area contributed by atoms with Crippen molar-refractivity contribution >= 4 is 43.4 Å². The summed E-state index contributed by atoms with van der Waals surface area (Å²) in [5.41, 5.74) is 14.4. The van der Waals surface area contributed by atoms with Crippen molar-refractivity contribution in [1.82, 2.24) is 4.57 Å². The molecule has 1 nitrogen and oxygen atoms in total. The maximum absolute atomic E-state index is 2.48. The van der Waals surface area contributed by atoms with E-state index in [1.165, 1.54) is 93.5 Å². The van der Waals surface area contributed by atoms with Crippen LogP contribution in [0.3, 0.4) is 0 Å². The highest BCUT2D eigenvalue weighted by Gasteiger charge is 2.26. The van der Waals surface area contributed by atoms with Crippen molar-refractivity contribution < 1.29 is 0 Å². The molecule has 10 rings (SSSR count). The Morgan fingerprint density at radius 1 is 0.333 bits per heavy atom. The maximum Gasteiger partial charge on any atom is 0.0553 e. The van der Waals surface area contributed by atoms with Gasteiger partial charge in [-0.15, -0.1) is 0 Å². The molecular weight excluding hydrogens is 470 g/mol. The summed E-state index contributed by atoms with van der Waals surface area (Å²) in [5.74, 6) is 0. The molecule has 1 heterocycles. The van der Waals surface area contributed by atoms with E-state index in [0.717, 1.165) is 0 Å². The minimum absolute atomic E-state index is 1.21. The second-order valence-corrected chi connectivity index (χ2v) is 10.9. The van der Waals surface area contributed by atoms with Crippen LogP contribution in [0.2, 0.25) is 0 Å². The quantitative estimate of drug-likeness (QED) is 0.215. The largest absolute Gasteiger partial charge is 0.309 e. The van der Waals surface area contributed by atoms with Crippen LogP contribution >= 0.6 is 0 Å². The summed E-state index contributed by atoms with van der Waals surface area (Å²) in [7, 11) is 0. The fourth-order valence-electron chi connectivity index (χ4n) is 7.53. The molecule has 2 aliphatic carbocycles. The van der Waals surface area contributed by atoms with Crippen LogP contribution in [0.4, 0.5) is 0 Å². The summed E-state index contributed by atoms with van der Waals surface area (Å²) >= 11 is 0. The monoisotopic (exact) mass is 491 g/mol. The van der Waals surface area contributed by atoms with E-state index in [1.807, 2.05) is 0 Å². The summed E-state index contributed by atoms with van der Waals surface area (Å²) < 4.78 is 2.48. The smallest absolute Gasteiger partial charge is 0.0553 e. The van der Waals surface area contributed by atoms with E-state index < -0.39 is 0 Å². The van der Waals surface area contributed by atoms with Gasteiger partial charge in [-0.1, -0.05) is 103 Å². The van der Waals surface area contributed by atoms with Gasteiger partial charge in [-0.25, -0.2) is 0 Å². The molecule has 0 spiro atoms. The molecule has 1 aromatic heterocycles. The second-order valence-electron chi connectivity index (χ2n) is 10.9. The molecule has 0 radical (unpaired) electrons. The van der Waals surface area contributed by atoms with Crippen LogP contribution in [0.5, 0.6) is 0 Å². The highest BCUT2D eigenvalue weighted by atomic mass is 15.0. The molecule has 0 aliphatic heterocycles. The Bertz CT molecular complexity index is 2380.